The van der Waals surface area contributed by atoms with E-state index in [-0.39, 0.29) is 11.7 Å². The number of aromatic amines is 1. The number of carbonyl (C=O) groups excluding carboxylic acids is 1. The van der Waals surface area contributed by atoms with Gasteiger partial charge in [0.1, 0.15) is 0 Å². The summed E-state index contributed by atoms with van der Waals surface area (Å²) in [5.74, 6) is 0.609. The Labute approximate surface area is 160 Å². The first-order valence-electron chi connectivity index (χ1n) is 8.32. The normalized spacial score (nSPS) is 11.0. The molecule has 2 aromatic heterocycles. The Morgan fingerprint density at radius 1 is 1.37 bits per heavy atom. The molecule has 0 fully saturated rings. The summed E-state index contributed by atoms with van der Waals surface area (Å²) >= 11 is 1.26. The molecule has 3 aromatic rings. The van der Waals surface area contributed by atoms with Crippen LogP contribution in [0.5, 0.6) is 0 Å². The van der Waals surface area contributed by atoms with Crippen molar-refractivity contribution in [3.8, 4) is 0 Å². The van der Waals surface area contributed by atoms with Crippen molar-refractivity contribution < 1.29 is 4.79 Å². The predicted molar refractivity (Wildman–Crippen MR) is 105 cm³/mol. The first kappa shape index (κ1) is 18.6. The molecule has 2 heterocycles. The minimum absolute atomic E-state index is 0.0511. The largest absolute Gasteiger partial charge is 0.355 e. The van der Waals surface area contributed by atoms with Gasteiger partial charge in [-0.2, -0.15) is 15.2 Å². The molecule has 0 aliphatic heterocycles. The number of nitrogens with zero attached hydrogens (tertiary/aromatic N) is 5. The molecule has 3 rings (SSSR count). The van der Waals surface area contributed by atoms with E-state index in [0.717, 1.165) is 12.0 Å². The molecule has 0 spiro atoms. The molecule has 1 amide bonds. The summed E-state index contributed by atoms with van der Waals surface area (Å²) in [6, 6.07) is 10.0. The predicted octanol–water partition coefficient (Wildman–Crippen LogP) is 1.44. The molecular weight excluding hydrogens is 364 g/mol. The monoisotopic (exact) mass is 384 g/mol. The van der Waals surface area contributed by atoms with Crippen molar-refractivity contribution in [1.82, 2.24) is 30.3 Å². The highest BCUT2D eigenvalue weighted by atomic mass is 32.2. The number of aryl methyl sites for hydroxylation is 1. The minimum atomic E-state index is -0.0511. The summed E-state index contributed by atoms with van der Waals surface area (Å²) in [6.07, 6.45) is 5.97. The lowest BCUT2D eigenvalue weighted by molar-refractivity contribution is -0.118. The summed E-state index contributed by atoms with van der Waals surface area (Å²) in [7, 11) is 1.84. The lowest BCUT2D eigenvalue weighted by Gasteiger charge is -2.04. The molecule has 0 saturated carbocycles. The second-order valence-electron chi connectivity index (χ2n) is 5.66. The van der Waals surface area contributed by atoms with Crippen LogP contribution < -0.4 is 10.7 Å². The van der Waals surface area contributed by atoms with Gasteiger partial charge in [0.2, 0.25) is 17.0 Å². The highest BCUT2D eigenvalue weighted by molar-refractivity contribution is 7.99. The first-order chi connectivity index (χ1) is 13.2. The van der Waals surface area contributed by atoms with Gasteiger partial charge in [0, 0.05) is 25.4 Å². The molecule has 27 heavy (non-hydrogen) atoms. The van der Waals surface area contributed by atoms with Crippen molar-refractivity contribution in [2.24, 2.45) is 12.1 Å². The number of hydrogen-bond donors (Lipinski definition) is 3. The second-order valence-corrected chi connectivity index (χ2v) is 6.60. The van der Waals surface area contributed by atoms with Gasteiger partial charge in [-0.25, -0.2) is 10.5 Å². The molecule has 0 bridgehead atoms. The van der Waals surface area contributed by atoms with Crippen LogP contribution >= 0.6 is 11.8 Å². The maximum absolute atomic E-state index is 11.9. The summed E-state index contributed by atoms with van der Waals surface area (Å²) < 4.78 is 1.69. The Bertz CT molecular complexity index is 889. The molecule has 3 N–H and O–H groups in total. The van der Waals surface area contributed by atoms with E-state index < -0.39 is 0 Å². The average Bonchev–Trinajstić information content (AvgIpc) is 3.30. The van der Waals surface area contributed by atoms with Gasteiger partial charge in [0.05, 0.1) is 18.2 Å². The van der Waals surface area contributed by atoms with E-state index in [2.05, 4.69) is 36.1 Å². The topological polar surface area (TPSA) is 113 Å². The zero-order valence-electron chi connectivity index (χ0n) is 14.8. The summed E-state index contributed by atoms with van der Waals surface area (Å²) in [4.78, 5) is 16.1. The quantitative estimate of drug-likeness (QED) is 0.292. The van der Waals surface area contributed by atoms with Crippen LogP contribution in [0.4, 0.5) is 5.95 Å². The number of thioether (sulfide) groups is 1. The minimum Gasteiger partial charge on any atom is -0.355 e. The Morgan fingerprint density at radius 3 is 3.00 bits per heavy atom. The lowest BCUT2D eigenvalue weighted by Crippen LogP contribution is -2.27. The fourth-order valence-corrected chi connectivity index (χ4v) is 2.84. The first-order valence-corrected chi connectivity index (χ1v) is 9.31. The third kappa shape index (κ3) is 6.26. The highest BCUT2D eigenvalue weighted by Crippen LogP contribution is 2.13. The third-order valence-corrected chi connectivity index (χ3v) is 4.33. The number of aromatic nitrogens is 5. The van der Waals surface area contributed by atoms with Crippen molar-refractivity contribution in [2.45, 2.75) is 11.6 Å². The van der Waals surface area contributed by atoms with Crippen molar-refractivity contribution in [1.29, 1.82) is 0 Å². The number of anilines is 1. The van der Waals surface area contributed by atoms with E-state index in [1.165, 1.54) is 17.3 Å². The van der Waals surface area contributed by atoms with E-state index >= 15 is 0 Å². The summed E-state index contributed by atoms with van der Waals surface area (Å²) in [5.41, 5.74) is 4.82. The molecule has 9 nitrogen and oxygen atoms in total. The Morgan fingerprint density at radius 2 is 2.22 bits per heavy atom. The van der Waals surface area contributed by atoms with Crippen LogP contribution in [0.15, 0.2) is 53.0 Å². The number of carbonyl (C=O) groups is 1. The van der Waals surface area contributed by atoms with Gasteiger partial charge in [0.15, 0.2) is 0 Å². The van der Waals surface area contributed by atoms with Crippen molar-refractivity contribution in [3.63, 3.8) is 0 Å². The van der Waals surface area contributed by atoms with Crippen molar-refractivity contribution in [3.05, 3.63) is 53.9 Å². The van der Waals surface area contributed by atoms with Gasteiger partial charge < -0.3 is 5.32 Å². The molecule has 0 aliphatic rings. The van der Waals surface area contributed by atoms with Crippen molar-refractivity contribution in [2.75, 3.05) is 17.7 Å². The van der Waals surface area contributed by atoms with E-state index in [1.54, 1.807) is 17.1 Å². The second kappa shape index (κ2) is 9.53. The third-order valence-electron chi connectivity index (χ3n) is 3.48. The van der Waals surface area contributed by atoms with E-state index in [4.69, 9.17) is 0 Å². The highest BCUT2D eigenvalue weighted by Gasteiger charge is 2.07. The fraction of sp³-hybridized carbons (Fsp3) is 0.235. The number of hydrazone groups is 1. The van der Waals surface area contributed by atoms with Crippen LogP contribution in [0.2, 0.25) is 0 Å². The molecule has 0 saturated heterocycles. The van der Waals surface area contributed by atoms with Gasteiger partial charge >= 0.3 is 0 Å². The van der Waals surface area contributed by atoms with Gasteiger partial charge in [-0.1, -0.05) is 42.1 Å². The number of nitrogens with one attached hydrogen (secondary N) is 3. The van der Waals surface area contributed by atoms with E-state index in [1.807, 2.05) is 43.6 Å². The smallest absolute Gasteiger partial charge is 0.240 e. The fourth-order valence-electron chi connectivity index (χ4n) is 2.21. The Balaban J connectivity index is 1.36. The number of hydrogen-bond acceptors (Lipinski definition) is 7. The molecule has 140 valence electrons. The van der Waals surface area contributed by atoms with E-state index in [9.17, 15) is 4.79 Å². The molecule has 0 aliphatic carbocycles. The zero-order valence-corrected chi connectivity index (χ0v) is 15.6. The molecule has 0 radical (unpaired) electrons. The summed E-state index contributed by atoms with van der Waals surface area (Å²) in [5, 5.41) is 18.2. The molecule has 0 atom stereocenters. The number of amides is 1. The Kier molecular flexibility index (Phi) is 6.58. The van der Waals surface area contributed by atoms with Crippen LogP contribution in [0, 0.1) is 0 Å². The standard InChI is InChI=1S/C17H20N8OS/c1-25-11-14(10-20-25)9-19-22-16-21-17(24-23-16)27-12-15(26)18-8-7-13-5-3-2-4-6-13/h2-6,9-11H,7-8,12H2,1H3,(H,18,26)(H2,21,22,23,24)/b19-9-. The molecule has 1 aromatic carbocycles. The Hall–Kier alpha value is -3.14. The molecular formula is C17H20N8OS. The SMILES string of the molecule is Cn1cc(/C=N\Nc2nc(SCC(=O)NCCc3ccccc3)n[nH]2)cn1. The van der Waals surface area contributed by atoms with Crippen LogP contribution in [-0.4, -0.2) is 49.4 Å². The average molecular weight is 384 g/mol. The van der Waals surface area contributed by atoms with Gasteiger partial charge in [-0.15, -0.1) is 5.10 Å². The molecule has 10 heteroatoms. The zero-order chi connectivity index (χ0) is 18.9. The van der Waals surface area contributed by atoms with Crippen LogP contribution in [0.3, 0.4) is 0 Å². The number of H-pyrrole nitrogens is 1. The van der Waals surface area contributed by atoms with Crippen LogP contribution in [0.1, 0.15) is 11.1 Å². The molecule has 0 unspecified atom stereocenters. The summed E-state index contributed by atoms with van der Waals surface area (Å²) in [6.45, 7) is 0.604. The van der Waals surface area contributed by atoms with Crippen molar-refractivity contribution >= 4 is 29.8 Å². The maximum Gasteiger partial charge on any atom is 0.240 e. The lowest BCUT2D eigenvalue weighted by atomic mass is 10.1. The number of benzene rings is 1. The van der Waals surface area contributed by atoms with Crippen LogP contribution in [-0.2, 0) is 18.3 Å². The maximum atomic E-state index is 11.9. The van der Waals surface area contributed by atoms with E-state index in [0.29, 0.717) is 17.6 Å². The number of rotatable bonds is 9. The van der Waals surface area contributed by atoms with Gasteiger partial charge in [0.25, 0.3) is 0 Å². The van der Waals surface area contributed by atoms with Gasteiger partial charge in [-0.3, -0.25) is 9.48 Å². The van der Waals surface area contributed by atoms with Gasteiger partial charge in [-0.05, 0) is 12.0 Å². The van der Waals surface area contributed by atoms with Crippen LogP contribution in [0.25, 0.3) is 0 Å².